The van der Waals surface area contributed by atoms with Crippen molar-refractivity contribution in [1.82, 2.24) is 14.8 Å². The lowest BCUT2D eigenvalue weighted by Gasteiger charge is -2.07. The molecule has 0 atom stereocenters. The molecule has 0 saturated carbocycles. The second kappa shape index (κ2) is 5.16. The van der Waals surface area contributed by atoms with Crippen LogP contribution in [0.1, 0.15) is 0 Å². The zero-order valence-corrected chi connectivity index (χ0v) is 9.22. The van der Waals surface area contributed by atoms with Gasteiger partial charge in [0.15, 0.2) is 0 Å². The largest absolute Gasteiger partial charge is 0.387 e. The van der Waals surface area contributed by atoms with Gasteiger partial charge >= 0.3 is 0 Å². The molecular weight excluding hydrogens is 202 g/mol. The van der Waals surface area contributed by atoms with E-state index in [4.69, 9.17) is 0 Å². The Morgan fingerprint density at radius 3 is 2.94 bits per heavy atom. The van der Waals surface area contributed by atoms with Crippen molar-refractivity contribution in [3.63, 3.8) is 0 Å². The number of hydrogen-bond acceptors (Lipinski definition) is 4. The van der Waals surface area contributed by atoms with Crippen molar-refractivity contribution < 1.29 is 0 Å². The maximum Gasteiger partial charge on any atom is 0.0582 e. The summed E-state index contributed by atoms with van der Waals surface area (Å²) in [5.41, 5.74) is 2.02. The molecule has 0 aliphatic heterocycles. The number of aromatic nitrogens is 3. The van der Waals surface area contributed by atoms with E-state index in [9.17, 15) is 0 Å². The van der Waals surface area contributed by atoms with Crippen LogP contribution in [0.5, 0.6) is 0 Å². The number of pyridine rings is 1. The molecule has 0 aromatic carbocycles. The standard InChI is InChI=1S/C11H15N5/c1-12-10-7-11(9-13-8-10)14-4-6-16-5-2-3-15-16/h2-3,5,7-9,12,14H,4,6H2,1H3. The molecule has 5 heteroatoms. The van der Waals surface area contributed by atoms with E-state index in [0.717, 1.165) is 24.5 Å². The number of nitrogens with zero attached hydrogens (tertiary/aromatic N) is 3. The van der Waals surface area contributed by atoms with Crippen LogP contribution in [-0.2, 0) is 6.54 Å². The maximum atomic E-state index is 4.13. The SMILES string of the molecule is CNc1cncc(NCCn2cccn2)c1. The average Bonchev–Trinajstić information content (AvgIpc) is 2.82. The quantitative estimate of drug-likeness (QED) is 0.795. The van der Waals surface area contributed by atoms with Gasteiger partial charge in [-0.25, -0.2) is 0 Å². The first-order valence-corrected chi connectivity index (χ1v) is 5.22. The molecular formula is C11H15N5. The van der Waals surface area contributed by atoms with E-state index in [-0.39, 0.29) is 0 Å². The first-order valence-electron chi connectivity index (χ1n) is 5.22. The summed E-state index contributed by atoms with van der Waals surface area (Å²) in [7, 11) is 1.88. The van der Waals surface area contributed by atoms with Crippen LogP contribution in [-0.4, -0.2) is 28.4 Å². The summed E-state index contributed by atoms with van der Waals surface area (Å²) < 4.78 is 1.89. The molecule has 0 spiro atoms. The molecule has 0 aliphatic rings. The highest BCUT2D eigenvalue weighted by molar-refractivity contribution is 5.53. The number of hydrogen-bond donors (Lipinski definition) is 2. The zero-order chi connectivity index (χ0) is 11.2. The molecule has 2 heterocycles. The molecule has 0 amide bonds. The molecule has 0 bridgehead atoms. The Morgan fingerprint density at radius 2 is 2.19 bits per heavy atom. The molecule has 2 aromatic rings. The summed E-state index contributed by atoms with van der Waals surface area (Å²) in [5, 5.41) is 10.5. The van der Waals surface area contributed by atoms with Crippen LogP contribution in [0.2, 0.25) is 0 Å². The molecule has 2 N–H and O–H groups in total. The van der Waals surface area contributed by atoms with Crippen LogP contribution in [0.3, 0.4) is 0 Å². The summed E-state index contributed by atoms with van der Waals surface area (Å²) >= 11 is 0. The molecule has 0 radical (unpaired) electrons. The maximum absolute atomic E-state index is 4.13. The van der Waals surface area contributed by atoms with Gasteiger partial charge in [0.05, 0.1) is 30.3 Å². The van der Waals surface area contributed by atoms with Gasteiger partial charge in [0.1, 0.15) is 0 Å². The highest BCUT2D eigenvalue weighted by Crippen LogP contribution is 2.11. The second-order valence-corrected chi connectivity index (χ2v) is 3.41. The van der Waals surface area contributed by atoms with Crippen molar-refractivity contribution in [2.45, 2.75) is 6.54 Å². The number of anilines is 2. The van der Waals surface area contributed by atoms with Gasteiger partial charge < -0.3 is 10.6 Å². The van der Waals surface area contributed by atoms with Crippen LogP contribution in [0, 0.1) is 0 Å². The van der Waals surface area contributed by atoms with Gasteiger partial charge in [0.25, 0.3) is 0 Å². The highest BCUT2D eigenvalue weighted by Gasteiger charge is 1.95. The van der Waals surface area contributed by atoms with E-state index in [2.05, 4.69) is 20.7 Å². The minimum absolute atomic E-state index is 0.830. The van der Waals surface area contributed by atoms with Crippen molar-refractivity contribution in [2.24, 2.45) is 0 Å². The van der Waals surface area contributed by atoms with Crippen LogP contribution in [0.25, 0.3) is 0 Å². The van der Waals surface area contributed by atoms with Crippen LogP contribution < -0.4 is 10.6 Å². The van der Waals surface area contributed by atoms with Gasteiger partial charge in [-0.15, -0.1) is 0 Å². The molecule has 16 heavy (non-hydrogen) atoms. The fourth-order valence-electron chi connectivity index (χ4n) is 1.42. The van der Waals surface area contributed by atoms with E-state index >= 15 is 0 Å². The first-order chi connectivity index (χ1) is 7.88. The molecule has 0 saturated heterocycles. The van der Waals surface area contributed by atoms with Gasteiger partial charge in [0.2, 0.25) is 0 Å². The third-order valence-electron chi connectivity index (χ3n) is 2.26. The van der Waals surface area contributed by atoms with E-state index < -0.39 is 0 Å². The minimum atomic E-state index is 0.830. The topological polar surface area (TPSA) is 54.8 Å². The Balaban J connectivity index is 1.85. The summed E-state index contributed by atoms with van der Waals surface area (Å²) in [4.78, 5) is 4.12. The van der Waals surface area contributed by atoms with Gasteiger partial charge in [-0.05, 0) is 12.1 Å². The third-order valence-corrected chi connectivity index (χ3v) is 2.26. The third kappa shape index (κ3) is 2.73. The lowest BCUT2D eigenvalue weighted by atomic mass is 10.3. The Hall–Kier alpha value is -2.04. The number of nitrogens with one attached hydrogen (secondary N) is 2. The van der Waals surface area contributed by atoms with Crippen LogP contribution >= 0.6 is 0 Å². The van der Waals surface area contributed by atoms with Crippen LogP contribution in [0.4, 0.5) is 11.4 Å². The van der Waals surface area contributed by atoms with E-state index in [1.807, 2.05) is 36.3 Å². The lowest BCUT2D eigenvalue weighted by Crippen LogP contribution is -2.11. The smallest absolute Gasteiger partial charge is 0.0582 e. The lowest BCUT2D eigenvalue weighted by molar-refractivity contribution is 0.638. The molecule has 0 unspecified atom stereocenters. The molecule has 0 aliphatic carbocycles. The van der Waals surface area contributed by atoms with E-state index in [0.29, 0.717) is 0 Å². The van der Waals surface area contributed by atoms with Gasteiger partial charge in [-0.3, -0.25) is 9.67 Å². The van der Waals surface area contributed by atoms with Crippen LogP contribution in [0.15, 0.2) is 36.9 Å². The fourth-order valence-corrected chi connectivity index (χ4v) is 1.42. The monoisotopic (exact) mass is 217 g/mol. The summed E-state index contributed by atoms with van der Waals surface area (Å²) in [6, 6.07) is 3.94. The van der Waals surface area contributed by atoms with Gasteiger partial charge in [-0.1, -0.05) is 0 Å². The minimum Gasteiger partial charge on any atom is -0.387 e. The zero-order valence-electron chi connectivity index (χ0n) is 9.22. The summed E-state index contributed by atoms with van der Waals surface area (Å²) in [6.45, 7) is 1.67. The van der Waals surface area contributed by atoms with Crippen molar-refractivity contribution in [3.05, 3.63) is 36.9 Å². The average molecular weight is 217 g/mol. The van der Waals surface area contributed by atoms with Gasteiger partial charge in [-0.2, -0.15) is 5.10 Å². The fraction of sp³-hybridized carbons (Fsp3) is 0.273. The Labute approximate surface area is 94.5 Å². The number of rotatable bonds is 5. The Bertz CT molecular complexity index is 424. The van der Waals surface area contributed by atoms with Crippen molar-refractivity contribution in [2.75, 3.05) is 24.2 Å². The Morgan fingerprint density at radius 1 is 1.31 bits per heavy atom. The summed E-state index contributed by atoms with van der Waals surface area (Å²) in [6.07, 6.45) is 7.33. The van der Waals surface area contributed by atoms with E-state index in [1.54, 1.807) is 12.4 Å². The van der Waals surface area contributed by atoms with Gasteiger partial charge in [0, 0.05) is 26.0 Å². The molecule has 5 nitrogen and oxygen atoms in total. The Kier molecular flexibility index (Phi) is 3.38. The normalized spacial score (nSPS) is 10.1. The molecule has 2 rings (SSSR count). The molecule has 2 aromatic heterocycles. The van der Waals surface area contributed by atoms with Crippen molar-refractivity contribution >= 4 is 11.4 Å². The highest BCUT2D eigenvalue weighted by atomic mass is 15.3. The first kappa shape index (κ1) is 10.5. The second-order valence-electron chi connectivity index (χ2n) is 3.41. The van der Waals surface area contributed by atoms with Crippen molar-refractivity contribution in [1.29, 1.82) is 0 Å². The van der Waals surface area contributed by atoms with Crippen molar-refractivity contribution in [3.8, 4) is 0 Å². The molecule has 84 valence electrons. The molecule has 0 fully saturated rings. The predicted molar refractivity (Wildman–Crippen MR) is 64.5 cm³/mol. The summed E-state index contributed by atoms with van der Waals surface area (Å²) in [5.74, 6) is 0. The van der Waals surface area contributed by atoms with E-state index in [1.165, 1.54) is 0 Å². The predicted octanol–water partition coefficient (Wildman–Crippen LogP) is 1.43.